The standard InChI is InChI=1S/C32H41ClN4O7/c1-30(2,3)43-29(41)34-23-14-9-7-5-6-8-12-21-16-32(21,28(40)42-4)35-26(38)25-18-31(19-37(25)27(23)39)17-24(36-44-31)20-11-10-13-22(33)15-20/h8,10-13,15,17,21,23,25,36H,5-7,9,14,16,18-19H2,1-4H3,(H,34,41)(H,35,38)/t21-,23+,25+,31-,32-/m1/s1. The molecule has 1 aromatic carbocycles. The first-order valence-corrected chi connectivity index (χ1v) is 15.5. The zero-order valence-corrected chi connectivity index (χ0v) is 26.4. The van der Waals surface area contributed by atoms with Crippen molar-refractivity contribution < 1.29 is 33.5 Å². The average molecular weight is 629 g/mol. The molecule has 3 aliphatic heterocycles. The summed E-state index contributed by atoms with van der Waals surface area (Å²) in [6.07, 6.45) is 9.24. The highest BCUT2D eigenvalue weighted by molar-refractivity contribution is 6.30. The molecule has 3 N–H and O–H groups in total. The Balaban J connectivity index is 1.48. The average Bonchev–Trinajstić information content (AvgIpc) is 3.30. The Kier molecular flexibility index (Phi) is 9.00. The van der Waals surface area contributed by atoms with Crippen LogP contribution in [-0.2, 0) is 28.7 Å². The number of nitrogens with one attached hydrogen (secondary N) is 3. The molecule has 12 heteroatoms. The molecule has 3 heterocycles. The normalized spacial score (nSPS) is 30.6. The molecule has 0 unspecified atom stereocenters. The molecule has 238 valence electrons. The Hall–Kier alpha value is -3.57. The lowest BCUT2D eigenvalue weighted by atomic mass is 9.97. The van der Waals surface area contributed by atoms with Crippen molar-refractivity contribution in [1.82, 2.24) is 21.0 Å². The molecule has 2 fully saturated rings. The Labute approximate surface area is 262 Å². The first-order valence-electron chi connectivity index (χ1n) is 15.1. The van der Waals surface area contributed by atoms with E-state index < -0.39 is 52.7 Å². The fraction of sp³-hybridized carbons (Fsp3) is 0.562. The van der Waals surface area contributed by atoms with Gasteiger partial charge in [-0.1, -0.05) is 48.7 Å². The number of allylic oxidation sites excluding steroid dienone is 1. The van der Waals surface area contributed by atoms with Crippen molar-refractivity contribution >= 4 is 41.2 Å². The number of fused-ring (bicyclic) bond motifs is 2. The summed E-state index contributed by atoms with van der Waals surface area (Å²) in [6.45, 7) is 5.29. The molecule has 4 aliphatic rings. The van der Waals surface area contributed by atoms with Gasteiger partial charge in [0, 0.05) is 22.9 Å². The number of hydrogen-bond acceptors (Lipinski definition) is 8. The van der Waals surface area contributed by atoms with Gasteiger partial charge in [0.2, 0.25) is 11.8 Å². The summed E-state index contributed by atoms with van der Waals surface area (Å²) in [4.78, 5) is 61.6. The van der Waals surface area contributed by atoms with Crippen LogP contribution in [0.2, 0.25) is 5.02 Å². The zero-order chi connectivity index (χ0) is 31.7. The van der Waals surface area contributed by atoms with Crippen LogP contribution in [0.25, 0.3) is 5.70 Å². The molecule has 5 rings (SSSR count). The van der Waals surface area contributed by atoms with Gasteiger partial charge in [-0.3, -0.25) is 19.9 Å². The Morgan fingerprint density at radius 3 is 2.68 bits per heavy atom. The van der Waals surface area contributed by atoms with Gasteiger partial charge in [0.1, 0.15) is 28.8 Å². The minimum Gasteiger partial charge on any atom is -0.467 e. The van der Waals surface area contributed by atoms with Gasteiger partial charge in [-0.2, -0.15) is 0 Å². The topological polar surface area (TPSA) is 135 Å². The third-order valence-corrected chi connectivity index (χ3v) is 8.71. The molecule has 1 aliphatic carbocycles. The highest BCUT2D eigenvalue weighted by Gasteiger charge is 2.63. The van der Waals surface area contributed by atoms with E-state index in [1.54, 1.807) is 32.9 Å². The Bertz CT molecular complexity index is 1370. The van der Waals surface area contributed by atoms with Crippen molar-refractivity contribution in [2.45, 2.75) is 94.5 Å². The summed E-state index contributed by atoms with van der Waals surface area (Å²) in [5, 5.41) is 6.25. The number of ether oxygens (including phenoxy) is 2. The fourth-order valence-electron chi connectivity index (χ4n) is 6.21. The lowest BCUT2D eigenvalue weighted by Gasteiger charge is -2.30. The molecule has 3 amide bonds. The fourth-order valence-corrected chi connectivity index (χ4v) is 6.40. The number of benzene rings is 1. The van der Waals surface area contributed by atoms with E-state index in [0.717, 1.165) is 24.8 Å². The molecule has 0 bridgehead atoms. The molecule has 5 atom stereocenters. The van der Waals surface area contributed by atoms with Gasteiger partial charge in [-0.15, -0.1) is 0 Å². The first kappa shape index (κ1) is 31.8. The molecule has 1 aromatic rings. The first-order chi connectivity index (χ1) is 20.8. The summed E-state index contributed by atoms with van der Waals surface area (Å²) in [7, 11) is 1.30. The molecule has 11 nitrogen and oxygen atoms in total. The highest BCUT2D eigenvalue weighted by atomic mass is 35.5. The van der Waals surface area contributed by atoms with Gasteiger partial charge >= 0.3 is 12.1 Å². The number of esters is 1. The number of carbonyl (C=O) groups is 4. The largest absolute Gasteiger partial charge is 0.467 e. The van der Waals surface area contributed by atoms with Crippen LogP contribution in [0.3, 0.4) is 0 Å². The number of hydrogen-bond donors (Lipinski definition) is 3. The van der Waals surface area contributed by atoms with Crippen molar-refractivity contribution in [3.63, 3.8) is 0 Å². The van der Waals surface area contributed by atoms with Gasteiger partial charge in [-0.05, 0) is 64.7 Å². The number of halogens is 1. The van der Waals surface area contributed by atoms with Crippen molar-refractivity contribution in [2.75, 3.05) is 13.7 Å². The maximum absolute atomic E-state index is 14.3. The number of amides is 3. The van der Waals surface area contributed by atoms with E-state index in [0.29, 0.717) is 30.0 Å². The zero-order valence-electron chi connectivity index (χ0n) is 25.6. The summed E-state index contributed by atoms with van der Waals surface area (Å²) in [6, 6.07) is 5.34. The van der Waals surface area contributed by atoms with Crippen LogP contribution in [0.5, 0.6) is 0 Å². The SMILES string of the molecule is COC(=O)[C@@]12C[C@H]1C=CCCCCC[C@H](NC(=O)OC(C)(C)C)C(=O)N1C[C@@]3(C=C(c4cccc(Cl)c4)NO3)C[C@H]1C(=O)N2. The van der Waals surface area contributed by atoms with Crippen LogP contribution in [0.15, 0.2) is 42.5 Å². The van der Waals surface area contributed by atoms with Crippen molar-refractivity contribution in [3.8, 4) is 0 Å². The number of methoxy groups -OCH3 is 1. The van der Waals surface area contributed by atoms with E-state index in [4.69, 9.17) is 25.9 Å². The quantitative estimate of drug-likeness (QED) is 0.338. The second-order valence-electron chi connectivity index (χ2n) is 13.1. The van der Waals surface area contributed by atoms with Gasteiger partial charge in [0.05, 0.1) is 19.4 Å². The van der Waals surface area contributed by atoms with Crippen molar-refractivity contribution in [3.05, 3.63) is 53.1 Å². The Morgan fingerprint density at radius 1 is 1.16 bits per heavy atom. The minimum absolute atomic E-state index is 0.0437. The smallest absolute Gasteiger partial charge is 0.408 e. The number of hydroxylamine groups is 1. The monoisotopic (exact) mass is 628 g/mol. The summed E-state index contributed by atoms with van der Waals surface area (Å²) < 4.78 is 10.6. The third kappa shape index (κ3) is 6.89. The van der Waals surface area contributed by atoms with E-state index in [9.17, 15) is 19.2 Å². The molecular formula is C32H41ClN4O7. The number of nitrogens with zero attached hydrogens (tertiary/aromatic N) is 1. The molecule has 1 saturated carbocycles. The van der Waals surface area contributed by atoms with E-state index in [-0.39, 0.29) is 18.9 Å². The predicted octanol–water partition coefficient (Wildman–Crippen LogP) is 4.02. The number of rotatable bonds is 3. The van der Waals surface area contributed by atoms with E-state index in [1.807, 2.05) is 30.4 Å². The van der Waals surface area contributed by atoms with E-state index >= 15 is 0 Å². The van der Waals surface area contributed by atoms with Crippen LogP contribution in [0, 0.1) is 5.92 Å². The summed E-state index contributed by atoms with van der Waals surface area (Å²) in [5.74, 6) is -1.64. The molecule has 0 radical (unpaired) electrons. The molecule has 0 aromatic heterocycles. The second kappa shape index (κ2) is 12.4. The van der Waals surface area contributed by atoms with Crippen LogP contribution < -0.4 is 16.1 Å². The lowest BCUT2D eigenvalue weighted by molar-refractivity contribution is -0.148. The van der Waals surface area contributed by atoms with Crippen LogP contribution in [0.4, 0.5) is 4.79 Å². The minimum atomic E-state index is -1.20. The van der Waals surface area contributed by atoms with Gasteiger partial charge in [-0.25, -0.2) is 9.59 Å². The third-order valence-electron chi connectivity index (χ3n) is 8.48. The van der Waals surface area contributed by atoms with Crippen LogP contribution >= 0.6 is 11.6 Å². The summed E-state index contributed by atoms with van der Waals surface area (Å²) >= 11 is 6.22. The lowest BCUT2D eigenvalue weighted by Crippen LogP contribution is -2.56. The van der Waals surface area contributed by atoms with Gasteiger partial charge < -0.3 is 25.0 Å². The Morgan fingerprint density at radius 2 is 1.95 bits per heavy atom. The molecular weight excluding hydrogens is 588 g/mol. The van der Waals surface area contributed by atoms with E-state index in [2.05, 4.69) is 16.1 Å². The van der Waals surface area contributed by atoms with Gasteiger partial charge in [0.15, 0.2) is 0 Å². The second-order valence-corrected chi connectivity index (χ2v) is 13.5. The van der Waals surface area contributed by atoms with Gasteiger partial charge in [0.25, 0.3) is 0 Å². The number of alkyl carbamates (subject to hydrolysis) is 1. The number of carbonyl (C=O) groups excluding carboxylic acids is 4. The van der Waals surface area contributed by atoms with Crippen LogP contribution in [0.1, 0.15) is 71.3 Å². The van der Waals surface area contributed by atoms with Crippen molar-refractivity contribution in [2.24, 2.45) is 5.92 Å². The van der Waals surface area contributed by atoms with Crippen molar-refractivity contribution in [1.29, 1.82) is 0 Å². The maximum atomic E-state index is 14.3. The van der Waals surface area contributed by atoms with E-state index in [1.165, 1.54) is 12.0 Å². The summed E-state index contributed by atoms with van der Waals surface area (Å²) in [5.41, 5.74) is 1.40. The molecule has 44 heavy (non-hydrogen) atoms. The highest BCUT2D eigenvalue weighted by Crippen LogP contribution is 2.47. The maximum Gasteiger partial charge on any atom is 0.408 e. The molecule has 1 saturated heterocycles. The predicted molar refractivity (Wildman–Crippen MR) is 163 cm³/mol. The van der Waals surface area contributed by atoms with Crippen LogP contribution in [-0.4, -0.2) is 71.3 Å². The molecule has 1 spiro atoms.